The van der Waals surface area contributed by atoms with E-state index in [1.165, 1.54) is 36.8 Å². The highest BCUT2D eigenvalue weighted by Gasteiger charge is 2.48. The first-order chi connectivity index (χ1) is 10.2. The molecule has 1 saturated heterocycles. The average Bonchev–Trinajstić information content (AvgIpc) is 2.94. The van der Waals surface area contributed by atoms with Crippen molar-refractivity contribution in [2.75, 3.05) is 20.2 Å². The Morgan fingerprint density at radius 1 is 1.05 bits per heavy atom. The summed E-state index contributed by atoms with van der Waals surface area (Å²) in [7, 11) is 1.74. The lowest BCUT2D eigenvalue weighted by Crippen LogP contribution is -2.61. The number of hydrogen-bond acceptors (Lipinski definition) is 3. The third-order valence-corrected chi connectivity index (χ3v) is 5.62. The highest BCUT2D eigenvalue weighted by molar-refractivity contribution is 5.39. The molecule has 3 heteroatoms. The van der Waals surface area contributed by atoms with Gasteiger partial charge in [0, 0.05) is 19.5 Å². The SMILES string of the molecule is COc1ccc2c(c1)CC1(CC2)CNCC2(CCCC2)O1. The first-order valence-electron chi connectivity index (χ1n) is 8.29. The van der Waals surface area contributed by atoms with Crippen LogP contribution < -0.4 is 10.1 Å². The van der Waals surface area contributed by atoms with Gasteiger partial charge in [-0.25, -0.2) is 0 Å². The van der Waals surface area contributed by atoms with Crippen LogP contribution in [-0.4, -0.2) is 31.4 Å². The Morgan fingerprint density at radius 3 is 2.67 bits per heavy atom. The minimum Gasteiger partial charge on any atom is -0.497 e. The topological polar surface area (TPSA) is 30.5 Å². The van der Waals surface area contributed by atoms with Crippen LogP contribution in [0.5, 0.6) is 5.75 Å². The normalized spacial score (nSPS) is 30.5. The van der Waals surface area contributed by atoms with Crippen LogP contribution in [-0.2, 0) is 17.6 Å². The quantitative estimate of drug-likeness (QED) is 0.861. The lowest BCUT2D eigenvalue weighted by molar-refractivity contribution is -0.180. The van der Waals surface area contributed by atoms with Crippen molar-refractivity contribution in [3.8, 4) is 5.75 Å². The summed E-state index contributed by atoms with van der Waals surface area (Å²) in [6.45, 7) is 2.03. The summed E-state index contributed by atoms with van der Waals surface area (Å²) < 4.78 is 12.2. The van der Waals surface area contributed by atoms with Gasteiger partial charge in [-0.2, -0.15) is 0 Å². The number of morpholine rings is 1. The van der Waals surface area contributed by atoms with Gasteiger partial charge >= 0.3 is 0 Å². The van der Waals surface area contributed by atoms with Crippen molar-refractivity contribution < 1.29 is 9.47 Å². The van der Waals surface area contributed by atoms with Crippen LogP contribution in [0.15, 0.2) is 18.2 Å². The Kier molecular flexibility index (Phi) is 3.23. The van der Waals surface area contributed by atoms with E-state index in [0.29, 0.717) is 0 Å². The van der Waals surface area contributed by atoms with Crippen LogP contribution in [0.3, 0.4) is 0 Å². The van der Waals surface area contributed by atoms with Gasteiger partial charge in [0.2, 0.25) is 0 Å². The van der Waals surface area contributed by atoms with Crippen LogP contribution in [0.4, 0.5) is 0 Å². The molecule has 1 N–H and O–H groups in total. The molecule has 1 atom stereocenters. The first-order valence-corrected chi connectivity index (χ1v) is 8.29. The van der Waals surface area contributed by atoms with Crippen molar-refractivity contribution in [2.24, 2.45) is 0 Å². The summed E-state index contributed by atoms with van der Waals surface area (Å²) in [5, 5.41) is 3.68. The van der Waals surface area contributed by atoms with E-state index in [0.717, 1.165) is 38.1 Å². The molecule has 114 valence electrons. The lowest BCUT2D eigenvalue weighted by Gasteiger charge is -2.49. The number of fused-ring (bicyclic) bond motifs is 1. The van der Waals surface area contributed by atoms with Crippen LogP contribution in [0, 0.1) is 0 Å². The minimum atomic E-state index is 0.00194. The smallest absolute Gasteiger partial charge is 0.119 e. The molecule has 0 radical (unpaired) electrons. The van der Waals surface area contributed by atoms with Gasteiger partial charge in [-0.1, -0.05) is 18.9 Å². The standard InChI is InChI=1S/C18H25NO2/c1-20-16-5-4-14-6-9-18(11-15(14)10-16)13-19-12-17(21-18)7-2-3-8-17/h4-5,10,19H,2-3,6-9,11-13H2,1H3. The highest BCUT2D eigenvalue weighted by Crippen LogP contribution is 2.43. The fraction of sp³-hybridized carbons (Fsp3) is 0.667. The van der Waals surface area contributed by atoms with Gasteiger partial charge in [-0.3, -0.25) is 0 Å². The third kappa shape index (κ3) is 2.36. The molecule has 3 aliphatic rings. The number of nitrogens with one attached hydrogen (secondary N) is 1. The second-order valence-electron chi connectivity index (χ2n) is 7.09. The third-order valence-electron chi connectivity index (χ3n) is 5.62. The van der Waals surface area contributed by atoms with Crippen molar-refractivity contribution in [1.29, 1.82) is 0 Å². The van der Waals surface area contributed by atoms with E-state index < -0.39 is 0 Å². The van der Waals surface area contributed by atoms with E-state index in [1.54, 1.807) is 7.11 Å². The number of benzene rings is 1. The molecular formula is C18H25NO2. The molecule has 1 saturated carbocycles. The van der Waals surface area contributed by atoms with Crippen molar-refractivity contribution in [3.63, 3.8) is 0 Å². The van der Waals surface area contributed by atoms with E-state index in [9.17, 15) is 0 Å². The predicted molar refractivity (Wildman–Crippen MR) is 82.9 cm³/mol. The molecule has 4 rings (SSSR count). The number of hydrogen-bond donors (Lipinski definition) is 1. The number of rotatable bonds is 1. The van der Waals surface area contributed by atoms with Gasteiger partial charge in [-0.05, 0) is 48.9 Å². The first kappa shape index (κ1) is 13.6. The molecule has 0 aromatic heterocycles. The lowest BCUT2D eigenvalue weighted by atomic mass is 9.78. The summed E-state index contributed by atoms with van der Waals surface area (Å²) in [4.78, 5) is 0. The largest absolute Gasteiger partial charge is 0.497 e. The van der Waals surface area contributed by atoms with E-state index in [-0.39, 0.29) is 11.2 Å². The van der Waals surface area contributed by atoms with E-state index >= 15 is 0 Å². The van der Waals surface area contributed by atoms with Gasteiger partial charge < -0.3 is 14.8 Å². The van der Waals surface area contributed by atoms with Crippen LogP contribution in [0.2, 0.25) is 0 Å². The molecule has 21 heavy (non-hydrogen) atoms. The minimum absolute atomic E-state index is 0.00194. The maximum atomic E-state index is 6.79. The van der Waals surface area contributed by atoms with E-state index in [1.807, 2.05) is 0 Å². The highest BCUT2D eigenvalue weighted by atomic mass is 16.5. The Hall–Kier alpha value is -1.06. The maximum Gasteiger partial charge on any atom is 0.119 e. The Bertz CT molecular complexity index is 536. The average molecular weight is 287 g/mol. The van der Waals surface area contributed by atoms with Crippen molar-refractivity contribution in [2.45, 2.75) is 56.1 Å². The molecule has 1 aliphatic heterocycles. The van der Waals surface area contributed by atoms with Crippen LogP contribution >= 0.6 is 0 Å². The fourth-order valence-electron chi connectivity index (χ4n) is 4.52. The maximum absolute atomic E-state index is 6.79. The second-order valence-corrected chi connectivity index (χ2v) is 7.09. The van der Waals surface area contributed by atoms with Gasteiger partial charge in [0.25, 0.3) is 0 Å². The van der Waals surface area contributed by atoms with Crippen LogP contribution in [0.25, 0.3) is 0 Å². The van der Waals surface area contributed by atoms with Gasteiger partial charge in [-0.15, -0.1) is 0 Å². The van der Waals surface area contributed by atoms with Crippen molar-refractivity contribution in [3.05, 3.63) is 29.3 Å². The molecule has 1 unspecified atom stereocenters. The van der Waals surface area contributed by atoms with Crippen LogP contribution in [0.1, 0.15) is 43.2 Å². The Labute approximate surface area is 127 Å². The molecule has 3 nitrogen and oxygen atoms in total. The molecular weight excluding hydrogens is 262 g/mol. The fourth-order valence-corrected chi connectivity index (χ4v) is 4.52. The summed E-state index contributed by atoms with van der Waals surface area (Å²) >= 11 is 0. The molecule has 2 aliphatic carbocycles. The second kappa shape index (κ2) is 4.99. The molecule has 0 bridgehead atoms. The number of methoxy groups -OCH3 is 1. The predicted octanol–water partition coefficient (Wildman–Crippen LogP) is 2.86. The van der Waals surface area contributed by atoms with Crippen molar-refractivity contribution in [1.82, 2.24) is 5.32 Å². The van der Waals surface area contributed by atoms with Gasteiger partial charge in [0.15, 0.2) is 0 Å². The zero-order chi connectivity index (χ0) is 14.3. The molecule has 2 spiro atoms. The number of ether oxygens (including phenoxy) is 2. The van der Waals surface area contributed by atoms with E-state index in [2.05, 4.69) is 23.5 Å². The molecule has 0 amide bonds. The monoisotopic (exact) mass is 287 g/mol. The molecule has 1 aromatic carbocycles. The summed E-state index contributed by atoms with van der Waals surface area (Å²) in [6.07, 6.45) is 8.39. The van der Waals surface area contributed by atoms with Crippen molar-refractivity contribution >= 4 is 0 Å². The van der Waals surface area contributed by atoms with Gasteiger partial charge in [0.1, 0.15) is 5.75 Å². The summed E-state index contributed by atoms with van der Waals surface area (Å²) in [6, 6.07) is 6.51. The summed E-state index contributed by atoms with van der Waals surface area (Å²) in [5.74, 6) is 0.963. The zero-order valence-electron chi connectivity index (χ0n) is 12.9. The Morgan fingerprint density at radius 2 is 1.86 bits per heavy atom. The summed E-state index contributed by atoms with van der Waals surface area (Å²) in [5.41, 5.74) is 3.00. The molecule has 2 fully saturated rings. The number of aryl methyl sites for hydroxylation is 1. The Balaban J connectivity index is 1.61. The zero-order valence-corrected chi connectivity index (χ0v) is 12.9. The molecule has 1 aromatic rings. The van der Waals surface area contributed by atoms with E-state index in [4.69, 9.17) is 9.47 Å². The molecule has 1 heterocycles. The van der Waals surface area contributed by atoms with Gasteiger partial charge in [0.05, 0.1) is 18.3 Å².